The molecule has 2 rings (SSSR count). The first-order valence-corrected chi connectivity index (χ1v) is 9.30. The van der Waals surface area contributed by atoms with Crippen LogP contribution in [0.1, 0.15) is 70.5 Å². The van der Waals surface area contributed by atoms with Crippen LogP contribution in [0.5, 0.6) is 0 Å². The first-order valence-electron chi connectivity index (χ1n) is 7.99. The number of hydrogen-bond donors (Lipinski definition) is 0. The summed E-state index contributed by atoms with van der Waals surface area (Å²) in [4.78, 5) is 4.84. The van der Waals surface area contributed by atoms with Crippen molar-refractivity contribution in [3.05, 3.63) is 16.1 Å². The number of rotatable bonds is 4. The molecule has 3 heteroatoms. The lowest BCUT2D eigenvalue weighted by Crippen LogP contribution is -2.27. The van der Waals surface area contributed by atoms with Crippen LogP contribution in [-0.2, 0) is 11.8 Å². The monoisotopic (exact) mass is 313 g/mol. The van der Waals surface area contributed by atoms with Gasteiger partial charge in [-0.25, -0.2) is 4.98 Å². The summed E-state index contributed by atoms with van der Waals surface area (Å²) in [6.07, 6.45) is 7.56. The van der Waals surface area contributed by atoms with Crippen LogP contribution < -0.4 is 0 Å². The van der Waals surface area contributed by atoms with Gasteiger partial charge in [0.05, 0.1) is 10.7 Å². The van der Waals surface area contributed by atoms with E-state index in [2.05, 4.69) is 33.1 Å². The smallest absolute Gasteiger partial charge is 0.0931 e. The van der Waals surface area contributed by atoms with Crippen LogP contribution in [-0.4, -0.2) is 10.4 Å². The van der Waals surface area contributed by atoms with Crippen molar-refractivity contribution in [1.82, 2.24) is 4.98 Å². The second kappa shape index (κ2) is 6.79. The molecule has 0 saturated heterocycles. The van der Waals surface area contributed by atoms with E-state index in [-0.39, 0.29) is 5.41 Å². The Morgan fingerprint density at radius 1 is 1.35 bits per heavy atom. The minimum Gasteiger partial charge on any atom is -0.246 e. The molecule has 1 aromatic rings. The molecule has 0 radical (unpaired) electrons. The molecule has 0 N–H and O–H groups in total. The summed E-state index contributed by atoms with van der Waals surface area (Å²) >= 11 is 8.39. The molecule has 3 atom stereocenters. The molecular formula is C17H28ClNS. The molecule has 0 spiro atoms. The molecule has 1 heterocycles. The Balaban J connectivity index is 1.99. The van der Waals surface area contributed by atoms with Gasteiger partial charge in [0.25, 0.3) is 0 Å². The predicted octanol–water partition coefficient (Wildman–Crippen LogP) is 5.81. The molecule has 0 aliphatic heterocycles. The summed E-state index contributed by atoms with van der Waals surface area (Å²) < 4.78 is 0. The van der Waals surface area contributed by atoms with Crippen molar-refractivity contribution < 1.29 is 0 Å². The molecule has 0 bridgehead atoms. The van der Waals surface area contributed by atoms with Gasteiger partial charge in [0.2, 0.25) is 0 Å². The number of hydrogen-bond acceptors (Lipinski definition) is 2. The van der Waals surface area contributed by atoms with Crippen molar-refractivity contribution in [3.8, 4) is 0 Å². The van der Waals surface area contributed by atoms with Crippen LogP contribution in [0.2, 0.25) is 0 Å². The fraction of sp³-hybridized carbons (Fsp3) is 0.824. The van der Waals surface area contributed by atoms with E-state index in [4.69, 9.17) is 16.6 Å². The standard InChI is InChI=1S/C17H28ClNS/c1-5-6-12-7-8-14(18)13(9-12)10-16-19-15(11-20-16)17(2,3)4/h11-14H,5-10H2,1-4H3. The molecular weight excluding hydrogens is 286 g/mol. The molecule has 1 aliphatic rings. The largest absolute Gasteiger partial charge is 0.246 e. The highest BCUT2D eigenvalue weighted by Crippen LogP contribution is 2.37. The quantitative estimate of drug-likeness (QED) is 0.639. The van der Waals surface area contributed by atoms with Crippen LogP contribution >= 0.6 is 22.9 Å². The maximum Gasteiger partial charge on any atom is 0.0931 e. The summed E-state index contributed by atoms with van der Waals surface area (Å²) in [5.41, 5.74) is 1.39. The maximum absolute atomic E-state index is 6.57. The summed E-state index contributed by atoms with van der Waals surface area (Å²) in [5, 5.41) is 3.86. The van der Waals surface area contributed by atoms with Crippen molar-refractivity contribution in [2.24, 2.45) is 11.8 Å². The van der Waals surface area contributed by atoms with Gasteiger partial charge >= 0.3 is 0 Å². The van der Waals surface area contributed by atoms with Crippen LogP contribution in [0.25, 0.3) is 0 Å². The molecule has 1 fully saturated rings. The lowest BCUT2D eigenvalue weighted by Gasteiger charge is -2.32. The second-order valence-corrected chi connectivity index (χ2v) is 8.83. The van der Waals surface area contributed by atoms with Crippen LogP contribution in [0.4, 0.5) is 0 Å². The number of thiazole rings is 1. The number of nitrogens with zero attached hydrogens (tertiary/aromatic N) is 1. The summed E-state index contributed by atoms with van der Waals surface area (Å²) in [6.45, 7) is 8.98. The van der Waals surface area contributed by atoms with Crippen molar-refractivity contribution in [2.75, 3.05) is 0 Å². The minimum atomic E-state index is 0.159. The Hall–Kier alpha value is -0.0800. The Morgan fingerprint density at radius 3 is 2.70 bits per heavy atom. The van der Waals surface area contributed by atoms with E-state index in [9.17, 15) is 0 Å². The van der Waals surface area contributed by atoms with Crippen molar-refractivity contribution >= 4 is 22.9 Å². The summed E-state index contributed by atoms with van der Waals surface area (Å²) in [7, 11) is 0. The molecule has 1 nitrogen and oxygen atoms in total. The molecule has 20 heavy (non-hydrogen) atoms. The third kappa shape index (κ3) is 4.21. The third-order valence-electron chi connectivity index (χ3n) is 4.45. The normalized spacial score (nSPS) is 27.8. The fourth-order valence-corrected chi connectivity index (χ4v) is 4.61. The van der Waals surface area contributed by atoms with Gasteiger partial charge in [-0.1, -0.05) is 40.5 Å². The highest BCUT2D eigenvalue weighted by molar-refractivity contribution is 7.09. The Kier molecular flexibility index (Phi) is 5.53. The van der Waals surface area contributed by atoms with E-state index in [1.54, 1.807) is 0 Å². The van der Waals surface area contributed by atoms with Gasteiger partial charge in [-0.15, -0.1) is 22.9 Å². The number of alkyl halides is 1. The SMILES string of the molecule is CCCC1CCC(Cl)C(Cc2nc(C(C)(C)C)cs2)C1. The lowest BCUT2D eigenvalue weighted by atomic mass is 9.78. The van der Waals surface area contributed by atoms with Crippen molar-refractivity contribution in [1.29, 1.82) is 0 Å². The van der Waals surface area contributed by atoms with Gasteiger partial charge in [-0.2, -0.15) is 0 Å². The zero-order valence-corrected chi connectivity index (χ0v) is 14.9. The molecule has 114 valence electrons. The topological polar surface area (TPSA) is 12.9 Å². The Labute approximate surface area is 133 Å². The summed E-state index contributed by atoms with van der Waals surface area (Å²) in [5.74, 6) is 1.52. The maximum atomic E-state index is 6.57. The highest BCUT2D eigenvalue weighted by Gasteiger charge is 2.30. The lowest BCUT2D eigenvalue weighted by molar-refractivity contribution is 0.257. The number of halogens is 1. The van der Waals surface area contributed by atoms with E-state index in [1.165, 1.54) is 42.8 Å². The van der Waals surface area contributed by atoms with Gasteiger partial charge in [-0.3, -0.25) is 0 Å². The molecule has 1 aromatic heterocycles. The highest BCUT2D eigenvalue weighted by atomic mass is 35.5. The first kappa shape index (κ1) is 16.3. The Morgan fingerprint density at radius 2 is 2.10 bits per heavy atom. The van der Waals surface area contributed by atoms with Crippen LogP contribution in [0.15, 0.2) is 5.38 Å². The average Bonchev–Trinajstić information content (AvgIpc) is 2.82. The fourth-order valence-electron chi connectivity index (χ4n) is 3.18. The van der Waals surface area contributed by atoms with E-state index in [0.717, 1.165) is 12.3 Å². The van der Waals surface area contributed by atoms with E-state index in [0.29, 0.717) is 11.3 Å². The zero-order valence-electron chi connectivity index (χ0n) is 13.3. The molecule has 1 aliphatic carbocycles. The molecule has 0 amide bonds. The van der Waals surface area contributed by atoms with E-state index >= 15 is 0 Å². The van der Waals surface area contributed by atoms with Crippen molar-refractivity contribution in [2.45, 2.75) is 77.0 Å². The molecule has 3 unspecified atom stereocenters. The minimum absolute atomic E-state index is 0.159. The van der Waals surface area contributed by atoms with Crippen LogP contribution in [0.3, 0.4) is 0 Å². The van der Waals surface area contributed by atoms with Gasteiger partial charge < -0.3 is 0 Å². The molecule has 0 aromatic carbocycles. The zero-order chi connectivity index (χ0) is 14.8. The summed E-state index contributed by atoms with van der Waals surface area (Å²) in [6, 6.07) is 0. The third-order valence-corrected chi connectivity index (χ3v) is 5.90. The van der Waals surface area contributed by atoms with Crippen molar-refractivity contribution in [3.63, 3.8) is 0 Å². The predicted molar refractivity (Wildman–Crippen MR) is 89.9 cm³/mol. The van der Waals surface area contributed by atoms with Crippen LogP contribution in [0, 0.1) is 11.8 Å². The van der Waals surface area contributed by atoms with E-state index in [1.807, 2.05) is 11.3 Å². The average molecular weight is 314 g/mol. The van der Waals surface area contributed by atoms with Gasteiger partial charge in [0.15, 0.2) is 0 Å². The first-order chi connectivity index (χ1) is 9.40. The van der Waals surface area contributed by atoms with Gasteiger partial charge in [0.1, 0.15) is 0 Å². The van der Waals surface area contributed by atoms with Gasteiger partial charge in [0, 0.05) is 22.6 Å². The van der Waals surface area contributed by atoms with E-state index < -0.39 is 0 Å². The second-order valence-electron chi connectivity index (χ2n) is 7.32. The number of aromatic nitrogens is 1. The molecule has 1 saturated carbocycles. The van der Waals surface area contributed by atoms with Gasteiger partial charge in [-0.05, 0) is 31.1 Å². The Bertz CT molecular complexity index is 421.